The van der Waals surface area contributed by atoms with E-state index in [0.29, 0.717) is 11.1 Å². The number of sulfone groups is 1. The van der Waals surface area contributed by atoms with Crippen molar-refractivity contribution in [3.05, 3.63) is 58.1 Å². The summed E-state index contributed by atoms with van der Waals surface area (Å²) in [6, 6.07) is 7.15. The maximum absolute atomic E-state index is 12.7. The van der Waals surface area contributed by atoms with Crippen LogP contribution in [0.25, 0.3) is 0 Å². The molecule has 2 aromatic rings. The van der Waals surface area contributed by atoms with E-state index in [1.54, 1.807) is 26.0 Å². The van der Waals surface area contributed by atoms with Gasteiger partial charge in [0.05, 0.1) is 16.2 Å². The molecule has 0 spiro atoms. The van der Waals surface area contributed by atoms with Gasteiger partial charge in [0.15, 0.2) is 9.84 Å². The van der Waals surface area contributed by atoms with E-state index in [1.807, 2.05) is 6.92 Å². The van der Waals surface area contributed by atoms with E-state index in [9.17, 15) is 18.3 Å². The molecule has 0 unspecified atom stereocenters. The summed E-state index contributed by atoms with van der Waals surface area (Å²) >= 11 is 0. The molecule has 2 aromatic carbocycles. The Bertz CT molecular complexity index is 859. The van der Waals surface area contributed by atoms with Crippen LogP contribution in [0.5, 0.6) is 5.75 Å². The van der Waals surface area contributed by atoms with Crippen molar-refractivity contribution in [1.29, 1.82) is 0 Å². The number of aryl methyl sites for hydroxylation is 3. The number of carbonyl (C=O) groups is 1. The van der Waals surface area contributed by atoms with Crippen LogP contribution in [0.2, 0.25) is 0 Å². The van der Waals surface area contributed by atoms with E-state index in [2.05, 4.69) is 0 Å². The molecule has 0 amide bonds. The van der Waals surface area contributed by atoms with Crippen LogP contribution in [0.4, 0.5) is 0 Å². The molecule has 0 saturated carbocycles. The summed E-state index contributed by atoms with van der Waals surface area (Å²) in [5, 5.41) is 20.4. The van der Waals surface area contributed by atoms with Crippen LogP contribution >= 0.6 is 0 Å². The van der Waals surface area contributed by atoms with Gasteiger partial charge in [-0.2, -0.15) is 0 Å². The van der Waals surface area contributed by atoms with Crippen molar-refractivity contribution >= 4 is 15.8 Å². The minimum atomic E-state index is -3.64. The number of hydrogen-bond donors (Lipinski definition) is 1. The van der Waals surface area contributed by atoms with E-state index in [0.717, 1.165) is 17.7 Å². The van der Waals surface area contributed by atoms with Crippen LogP contribution in [-0.4, -0.2) is 19.5 Å². The van der Waals surface area contributed by atoms with Gasteiger partial charge in [-0.25, -0.2) is 13.2 Å². The van der Waals surface area contributed by atoms with Crippen LogP contribution in [0, 0.1) is 20.8 Å². The summed E-state index contributed by atoms with van der Waals surface area (Å²) in [5.74, 6) is -2.35. The van der Waals surface area contributed by atoms with E-state index in [4.69, 9.17) is 5.11 Å². The molecule has 0 fully saturated rings. The van der Waals surface area contributed by atoms with E-state index in [-0.39, 0.29) is 16.2 Å². The third kappa shape index (κ3) is 3.53. The average molecular weight is 333 g/mol. The Morgan fingerprint density at radius 2 is 1.65 bits per heavy atom. The zero-order valence-corrected chi connectivity index (χ0v) is 13.9. The van der Waals surface area contributed by atoms with Gasteiger partial charge >= 0.3 is 5.97 Å². The Balaban J connectivity index is 2.48. The van der Waals surface area contributed by atoms with Gasteiger partial charge in [-0.3, -0.25) is 0 Å². The predicted octanol–water partition coefficient (Wildman–Crippen LogP) is 2.36. The van der Waals surface area contributed by atoms with Gasteiger partial charge in [0.2, 0.25) is 0 Å². The molecular formula is C17H17O5S-. The summed E-state index contributed by atoms with van der Waals surface area (Å²) in [7, 11) is -3.64. The lowest BCUT2D eigenvalue weighted by molar-refractivity contribution is -0.268. The fourth-order valence-electron chi connectivity index (χ4n) is 2.78. The van der Waals surface area contributed by atoms with Gasteiger partial charge in [0, 0.05) is 0 Å². The molecule has 23 heavy (non-hydrogen) atoms. The standard InChI is InChI=1S/C17H18O5S/c1-10-6-11(2)16(12(3)7-10)23(21,22)9-13-4-5-15(18)14(8-13)17(19)20/h4-8,18H,9H2,1-3H3,(H,19,20)/p-1. The lowest BCUT2D eigenvalue weighted by Crippen LogP contribution is -2.11. The molecule has 122 valence electrons. The molecule has 5 nitrogen and oxygen atoms in total. The van der Waals surface area contributed by atoms with Gasteiger partial charge in [-0.1, -0.05) is 35.6 Å². The maximum atomic E-state index is 12.7. The molecule has 0 aliphatic heterocycles. The van der Waals surface area contributed by atoms with Crippen molar-refractivity contribution in [1.82, 2.24) is 0 Å². The first kappa shape index (κ1) is 17.0. The Hall–Kier alpha value is -2.34. The van der Waals surface area contributed by atoms with Crippen LogP contribution < -0.4 is 5.11 Å². The van der Waals surface area contributed by atoms with Gasteiger partial charge in [-0.05, 0) is 43.5 Å². The van der Waals surface area contributed by atoms with Crippen molar-refractivity contribution in [3.8, 4) is 5.75 Å². The highest BCUT2D eigenvalue weighted by Gasteiger charge is 2.21. The number of rotatable bonds is 4. The lowest BCUT2D eigenvalue weighted by Gasteiger charge is -2.14. The Kier molecular flexibility index (Phi) is 4.47. The molecule has 0 aliphatic carbocycles. The number of benzene rings is 2. The van der Waals surface area contributed by atoms with Crippen molar-refractivity contribution in [2.75, 3.05) is 0 Å². The molecule has 2 rings (SSSR count). The van der Waals surface area contributed by atoms with E-state index >= 15 is 0 Å². The zero-order chi connectivity index (χ0) is 17.4. The second kappa shape index (κ2) is 6.04. The van der Waals surface area contributed by atoms with Crippen molar-refractivity contribution in [2.24, 2.45) is 0 Å². The molecule has 0 radical (unpaired) electrons. The molecule has 0 aliphatic rings. The molecule has 0 atom stereocenters. The minimum absolute atomic E-state index is 0.256. The highest BCUT2D eigenvalue weighted by Crippen LogP contribution is 2.26. The lowest BCUT2D eigenvalue weighted by atomic mass is 10.1. The first-order valence-corrected chi connectivity index (χ1v) is 8.61. The summed E-state index contributed by atoms with van der Waals surface area (Å²) in [6.07, 6.45) is 0. The second-order valence-electron chi connectivity index (χ2n) is 5.62. The van der Waals surface area contributed by atoms with Gasteiger partial charge < -0.3 is 10.2 Å². The largest absolute Gasteiger partial charge is 0.872 e. The number of aromatic carboxylic acids is 1. The molecule has 0 bridgehead atoms. The smallest absolute Gasteiger partial charge is 0.335 e. The highest BCUT2D eigenvalue weighted by atomic mass is 32.2. The Morgan fingerprint density at radius 1 is 1.09 bits per heavy atom. The topological polar surface area (TPSA) is 94.5 Å². The van der Waals surface area contributed by atoms with E-state index in [1.165, 1.54) is 6.07 Å². The Morgan fingerprint density at radius 3 is 2.17 bits per heavy atom. The summed E-state index contributed by atoms with van der Waals surface area (Å²) in [5.41, 5.74) is 2.14. The number of carboxylic acid groups (broad SMARTS) is 1. The van der Waals surface area contributed by atoms with Crippen LogP contribution in [0.3, 0.4) is 0 Å². The number of hydrogen-bond acceptors (Lipinski definition) is 4. The maximum Gasteiger partial charge on any atom is 0.335 e. The zero-order valence-electron chi connectivity index (χ0n) is 13.1. The van der Waals surface area contributed by atoms with E-state index < -0.39 is 27.1 Å². The first-order valence-electron chi connectivity index (χ1n) is 6.95. The minimum Gasteiger partial charge on any atom is -0.872 e. The van der Waals surface area contributed by atoms with Crippen LogP contribution in [-0.2, 0) is 15.6 Å². The monoisotopic (exact) mass is 333 g/mol. The fourth-order valence-corrected chi connectivity index (χ4v) is 4.64. The molecule has 1 N–H and O–H groups in total. The van der Waals surface area contributed by atoms with Gasteiger partial charge in [0.1, 0.15) is 0 Å². The molecule has 6 heteroatoms. The van der Waals surface area contributed by atoms with Crippen LogP contribution in [0.1, 0.15) is 32.6 Å². The summed E-state index contributed by atoms with van der Waals surface area (Å²) in [6.45, 7) is 5.36. The Labute approximate surface area is 135 Å². The fraction of sp³-hybridized carbons (Fsp3) is 0.235. The molecular weight excluding hydrogens is 316 g/mol. The summed E-state index contributed by atoms with van der Waals surface area (Å²) < 4.78 is 25.4. The van der Waals surface area contributed by atoms with Gasteiger partial charge in [0.25, 0.3) is 0 Å². The van der Waals surface area contributed by atoms with Crippen molar-refractivity contribution in [2.45, 2.75) is 31.4 Å². The quantitative estimate of drug-likeness (QED) is 0.927. The van der Waals surface area contributed by atoms with Crippen LogP contribution in [0.15, 0.2) is 35.2 Å². The predicted molar refractivity (Wildman–Crippen MR) is 84.4 cm³/mol. The SMILES string of the molecule is Cc1cc(C)c(S(=O)(=O)Cc2ccc([O-])c(C(=O)O)c2)c(C)c1. The molecule has 0 saturated heterocycles. The first-order chi connectivity index (χ1) is 10.6. The molecule has 0 heterocycles. The third-order valence-corrected chi connectivity index (χ3v) is 5.53. The average Bonchev–Trinajstić information content (AvgIpc) is 2.38. The summed E-state index contributed by atoms with van der Waals surface area (Å²) in [4.78, 5) is 11.3. The van der Waals surface area contributed by atoms with Crippen molar-refractivity contribution < 1.29 is 23.4 Å². The third-order valence-electron chi connectivity index (χ3n) is 3.55. The normalized spacial score (nSPS) is 11.4. The van der Waals surface area contributed by atoms with Crippen molar-refractivity contribution in [3.63, 3.8) is 0 Å². The molecule has 0 aromatic heterocycles. The second-order valence-corrected chi connectivity index (χ2v) is 7.55. The van der Waals surface area contributed by atoms with Gasteiger partial charge in [-0.15, -0.1) is 0 Å². The number of carboxylic acids is 1. The highest BCUT2D eigenvalue weighted by molar-refractivity contribution is 7.90.